The Morgan fingerprint density at radius 2 is 2.05 bits per heavy atom. The molecule has 1 aliphatic rings. The van der Waals surface area contributed by atoms with Crippen LogP contribution in [0.15, 0.2) is 4.52 Å². The van der Waals surface area contributed by atoms with Gasteiger partial charge >= 0.3 is 0 Å². The molecule has 0 aliphatic heterocycles. The molecule has 20 heavy (non-hydrogen) atoms. The van der Waals surface area contributed by atoms with Crippen LogP contribution in [0.3, 0.4) is 0 Å². The van der Waals surface area contributed by atoms with Crippen molar-refractivity contribution in [3.8, 4) is 0 Å². The lowest BCUT2D eigenvalue weighted by Crippen LogP contribution is -2.46. The standard InChI is InChI=1S/C15H25N3O2/c1-10(14-11(2)18-20-12(14)3)17-13(19)9-15(16)7-5-4-6-8-15/h10H,4-9,16H2,1-3H3,(H,17,19). The van der Waals surface area contributed by atoms with E-state index in [4.69, 9.17) is 10.3 Å². The van der Waals surface area contributed by atoms with Crippen LogP contribution in [-0.4, -0.2) is 16.6 Å². The van der Waals surface area contributed by atoms with Crippen LogP contribution in [0.4, 0.5) is 0 Å². The molecule has 0 radical (unpaired) electrons. The van der Waals surface area contributed by atoms with Crippen molar-refractivity contribution in [2.45, 2.75) is 70.9 Å². The van der Waals surface area contributed by atoms with Crippen LogP contribution in [0.25, 0.3) is 0 Å². The number of hydrogen-bond donors (Lipinski definition) is 2. The summed E-state index contributed by atoms with van der Waals surface area (Å²) in [7, 11) is 0. The highest BCUT2D eigenvalue weighted by Gasteiger charge is 2.30. The van der Waals surface area contributed by atoms with E-state index < -0.39 is 0 Å². The summed E-state index contributed by atoms with van der Waals surface area (Å²) >= 11 is 0. The van der Waals surface area contributed by atoms with Crippen molar-refractivity contribution in [2.24, 2.45) is 5.73 Å². The number of carbonyl (C=O) groups excluding carboxylic acids is 1. The van der Waals surface area contributed by atoms with E-state index in [-0.39, 0.29) is 17.5 Å². The fourth-order valence-corrected chi connectivity index (χ4v) is 3.23. The van der Waals surface area contributed by atoms with Gasteiger partial charge in [0, 0.05) is 17.5 Å². The monoisotopic (exact) mass is 279 g/mol. The molecule has 3 N–H and O–H groups in total. The number of nitrogens with one attached hydrogen (secondary N) is 1. The van der Waals surface area contributed by atoms with Gasteiger partial charge in [0.05, 0.1) is 11.7 Å². The van der Waals surface area contributed by atoms with E-state index in [0.717, 1.165) is 42.7 Å². The topological polar surface area (TPSA) is 81.2 Å². The Morgan fingerprint density at radius 1 is 1.40 bits per heavy atom. The highest BCUT2D eigenvalue weighted by Crippen LogP contribution is 2.29. The first-order valence-corrected chi connectivity index (χ1v) is 7.42. The van der Waals surface area contributed by atoms with Gasteiger partial charge in [-0.25, -0.2) is 0 Å². The van der Waals surface area contributed by atoms with Gasteiger partial charge in [-0.3, -0.25) is 4.79 Å². The van der Waals surface area contributed by atoms with Crippen LogP contribution in [0.2, 0.25) is 0 Å². The van der Waals surface area contributed by atoms with E-state index in [0.29, 0.717) is 6.42 Å². The second-order valence-electron chi connectivity index (χ2n) is 6.13. The number of carbonyl (C=O) groups is 1. The summed E-state index contributed by atoms with van der Waals surface area (Å²) in [5, 5.41) is 6.94. The lowest BCUT2D eigenvalue weighted by molar-refractivity contribution is -0.123. The third-order valence-corrected chi connectivity index (χ3v) is 4.26. The van der Waals surface area contributed by atoms with Gasteiger partial charge in [-0.1, -0.05) is 24.4 Å². The van der Waals surface area contributed by atoms with Crippen molar-refractivity contribution < 1.29 is 9.32 Å². The molecule has 1 amide bonds. The van der Waals surface area contributed by atoms with Gasteiger partial charge < -0.3 is 15.6 Å². The fourth-order valence-electron chi connectivity index (χ4n) is 3.23. The molecule has 112 valence electrons. The third kappa shape index (κ3) is 3.39. The molecule has 0 bridgehead atoms. The van der Waals surface area contributed by atoms with Crippen molar-refractivity contribution in [2.75, 3.05) is 0 Å². The van der Waals surface area contributed by atoms with Crippen LogP contribution in [0.5, 0.6) is 0 Å². The Morgan fingerprint density at radius 3 is 2.60 bits per heavy atom. The first-order chi connectivity index (χ1) is 9.41. The molecule has 1 atom stereocenters. The molecule has 2 rings (SSSR count). The van der Waals surface area contributed by atoms with E-state index in [1.54, 1.807) is 0 Å². The molecule has 1 aromatic heterocycles. The Kier molecular flexibility index (Phi) is 4.48. The lowest BCUT2D eigenvalue weighted by atomic mass is 9.80. The Labute approximate surface area is 120 Å². The molecule has 1 fully saturated rings. The molecular weight excluding hydrogens is 254 g/mol. The summed E-state index contributed by atoms with van der Waals surface area (Å²) in [4.78, 5) is 12.2. The fraction of sp³-hybridized carbons (Fsp3) is 0.733. The van der Waals surface area contributed by atoms with Crippen LogP contribution in [-0.2, 0) is 4.79 Å². The molecule has 1 unspecified atom stereocenters. The highest BCUT2D eigenvalue weighted by atomic mass is 16.5. The smallest absolute Gasteiger partial charge is 0.222 e. The molecular formula is C15H25N3O2. The average Bonchev–Trinajstić information content (AvgIpc) is 2.68. The zero-order chi connectivity index (χ0) is 14.8. The molecule has 1 aromatic rings. The third-order valence-electron chi connectivity index (χ3n) is 4.26. The van der Waals surface area contributed by atoms with Gasteiger partial charge in [-0.2, -0.15) is 0 Å². The predicted octanol–water partition coefficient (Wildman–Crippen LogP) is 2.52. The molecule has 1 aliphatic carbocycles. The summed E-state index contributed by atoms with van der Waals surface area (Å²) in [5.74, 6) is 0.775. The Balaban J connectivity index is 1.94. The molecule has 1 saturated carbocycles. The quantitative estimate of drug-likeness (QED) is 0.887. The maximum Gasteiger partial charge on any atom is 0.222 e. The first kappa shape index (κ1) is 15.0. The van der Waals surface area contributed by atoms with Crippen LogP contribution >= 0.6 is 0 Å². The number of nitrogens with two attached hydrogens (primary N) is 1. The minimum Gasteiger partial charge on any atom is -0.361 e. The van der Waals surface area contributed by atoms with Crippen molar-refractivity contribution in [1.82, 2.24) is 10.5 Å². The maximum absolute atomic E-state index is 12.2. The Bertz CT molecular complexity index is 456. The molecule has 0 saturated heterocycles. The number of hydrogen-bond acceptors (Lipinski definition) is 4. The maximum atomic E-state index is 12.2. The first-order valence-electron chi connectivity index (χ1n) is 7.42. The summed E-state index contributed by atoms with van der Waals surface area (Å²) in [6, 6.07) is -0.0964. The van der Waals surface area contributed by atoms with E-state index in [1.165, 1.54) is 6.42 Å². The second-order valence-corrected chi connectivity index (χ2v) is 6.13. The van der Waals surface area contributed by atoms with E-state index in [2.05, 4.69) is 10.5 Å². The van der Waals surface area contributed by atoms with Gasteiger partial charge in [0.2, 0.25) is 5.91 Å². The normalized spacial score (nSPS) is 19.6. The summed E-state index contributed by atoms with van der Waals surface area (Å²) in [6.45, 7) is 5.71. The lowest BCUT2D eigenvalue weighted by Gasteiger charge is -2.33. The van der Waals surface area contributed by atoms with E-state index in [1.807, 2.05) is 20.8 Å². The highest BCUT2D eigenvalue weighted by molar-refractivity contribution is 5.77. The average molecular weight is 279 g/mol. The number of nitrogens with zero attached hydrogens (tertiary/aromatic N) is 1. The van der Waals surface area contributed by atoms with E-state index in [9.17, 15) is 4.79 Å². The zero-order valence-corrected chi connectivity index (χ0v) is 12.7. The van der Waals surface area contributed by atoms with Crippen molar-refractivity contribution in [3.05, 3.63) is 17.0 Å². The van der Waals surface area contributed by atoms with Gasteiger partial charge in [0.25, 0.3) is 0 Å². The molecule has 5 heteroatoms. The molecule has 5 nitrogen and oxygen atoms in total. The van der Waals surface area contributed by atoms with Crippen molar-refractivity contribution >= 4 is 5.91 Å². The van der Waals surface area contributed by atoms with Gasteiger partial charge in [-0.15, -0.1) is 0 Å². The number of rotatable bonds is 4. The van der Waals surface area contributed by atoms with Gasteiger partial charge in [0.15, 0.2) is 0 Å². The second kappa shape index (κ2) is 5.95. The molecule has 1 heterocycles. The Hall–Kier alpha value is -1.36. The van der Waals surface area contributed by atoms with Crippen LogP contribution in [0, 0.1) is 13.8 Å². The van der Waals surface area contributed by atoms with Crippen molar-refractivity contribution in [3.63, 3.8) is 0 Å². The largest absolute Gasteiger partial charge is 0.361 e. The number of amides is 1. The van der Waals surface area contributed by atoms with Crippen molar-refractivity contribution in [1.29, 1.82) is 0 Å². The minimum absolute atomic E-state index is 0.0156. The predicted molar refractivity (Wildman–Crippen MR) is 77.2 cm³/mol. The van der Waals surface area contributed by atoms with Crippen LogP contribution < -0.4 is 11.1 Å². The van der Waals surface area contributed by atoms with E-state index >= 15 is 0 Å². The molecule has 0 spiro atoms. The summed E-state index contributed by atoms with van der Waals surface area (Å²) < 4.78 is 5.14. The summed E-state index contributed by atoms with van der Waals surface area (Å²) in [5.41, 5.74) is 7.80. The van der Waals surface area contributed by atoms with Crippen LogP contribution in [0.1, 0.15) is 68.5 Å². The number of aryl methyl sites for hydroxylation is 2. The minimum atomic E-state index is -0.319. The SMILES string of the molecule is Cc1noc(C)c1C(C)NC(=O)CC1(N)CCCCC1. The van der Waals surface area contributed by atoms with Gasteiger partial charge in [0.1, 0.15) is 5.76 Å². The zero-order valence-electron chi connectivity index (χ0n) is 12.7. The summed E-state index contributed by atoms with van der Waals surface area (Å²) in [6.07, 6.45) is 5.78. The molecule has 0 aromatic carbocycles. The number of aromatic nitrogens is 1. The van der Waals surface area contributed by atoms with Gasteiger partial charge in [-0.05, 0) is 33.6 Å².